The fraction of sp³-hybridized carbons (Fsp3) is 0.900. The topological polar surface area (TPSA) is 93.1 Å². The molecule has 0 bridgehead atoms. The van der Waals surface area contributed by atoms with E-state index in [0.29, 0.717) is 52.1 Å². The second-order valence-electron chi connectivity index (χ2n) is 9.04. The fourth-order valence-electron chi connectivity index (χ4n) is 5.29. The van der Waals surface area contributed by atoms with Crippen molar-refractivity contribution in [3.05, 3.63) is 0 Å². The summed E-state index contributed by atoms with van der Waals surface area (Å²) >= 11 is 0. The Morgan fingerprint density at radius 2 is 1.58 bits per heavy atom. The summed E-state index contributed by atoms with van der Waals surface area (Å²) in [6.07, 6.45) is 4.56. The van der Waals surface area contributed by atoms with E-state index in [-0.39, 0.29) is 16.7 Å². The molecular formula is C20H32O6. The summed E-state index contributed by atoms with van der Waals surface area (Å²) in [7, 11) is 0. The normalized spacial score (nSPS) is 35.2. The van der Waals surface area contributed by atoms with E-state index in [2.05, 4.69) is 13.8 Å². The Morgan fingerprint density at radius 3 is 1.96 bits per heavy atom. The van der Waals surface area contributed by atoms with Gasteiger partial charge in [-0.2, -0.15) is 0 Å². The van der Waals surface area contributed by atoms with Crippen LogP contribution in [0.25, 0.3) is 0 Å². The van der Waals surface area contributed by atoms with E-state index >= 15 is 0 Å². The van der Waals surface area contributed by atoms with Crippen LogP contribution in [0.5, 0.6) is 0 Å². The van der Waals surface area contributed by atoms with Crippen LogP contribution in [0.4, 0.5) is 0 Å². The van der Waals surface area contributed by atoms with E-state index in [9.17, 15) is 19.8 Å². The van der Waals surface area contributed by atoms with Crippen molar-refractivity contribution in [3.8, 4) is 0 Å². The Hall–Kier alpha value is -1.14. The van der Waals surface area contributed by atoms with Gasteiger partial charge in [-0.3, -0.25) is 9.59 Å². The molecule has 6 nitrogen and oxygen atoms in total. The summed E-state index contributed by atoms with van der Waals surface area (Å²) < 4.78 is 10.9. The van der Waals surface area contributed by atoms with Crippen molar-refractivity contribution in [1.82, 2.24) is 0 Å². The van der Waals surface area contributed by atoms with Crippen LogP contribution < -0.4 is 0 Å². The molecule has 3 aliphatic rings. The predicted octanol–water partition coefficient (Wildman–Crippen LogP) is 3.19. The molecule has 2 heterocycles. The third-order valence-corrected chi connectivity index (χ3v) is 7.57. The maximum Gasteiger partial charge on any atom is 0.309 e. The van der Waals surface area contributed by atoms with Crippen LogP contribution in [0.15, 0.2) is 0 Å². The largest absolute Gasteiger partial charge is 0.481 e. The minimum absolute atomic E-state index is 0.0151. The highest BCUT2D eigenvalue weighted by Crippen LogP contribution is 2.57. The minimum atomic E-state index is -0.844. The van der Waals surface area contributed by atoms with Gasteiger partial charge in [0.05, 0.1) is 37.8 Å². The first kappa shape index (κ1) is 19.6. The molecule has 1 saturated carbocycles. The summed E-state index contributed by atoms with van der Waals surface area (Å²) in [4.78, 5) is 24.2. The Balaban J connectivity index is 1.90. The maximum absolute atomic E-state index is 12.6. The molecule has 0 spiro atoms. The molecule has 1 aliphatic carbocycles. The lowest BCUT2D eigenvalue weighted by Gasteiger charge is -2.54. The van der Waals surface area contributed by atoms with Gasteiger partial charge >= 0.3 is 11.9 Å². The van der Waals surface area contributed by atoms with E-state index in [1.807, 2.05) is 0 Å². The summed E-state index contributed by atoms with van der Waals surface area (Å²) in [6, 6.07) is 0. The zero-order valence-corrected chi connectivity index (χ0v) is 16.0. The minimum Gasteiger partial charge on any atom is -0.481 e. The van der Waals surface area contributed by atoms with Crippen molar-refractivity contribution in [2.75, 3.05) is 26.4 Å². The average molecular weight is 368 g/mol. The van der Waals surface area contributed by atoms with Gasteiger partial charge in [-0.05, 0) is 50.9 Å². The number of carbonyl (C=O) groups is 2. The first-order valence-corrected chi connectivity index (χ1v) is 9.92. The van der Waals surface area contributed by atoms with Crippen molar-refractivity contribution in [1.29, 1.82) is 0 Å². The Bertz CT molecular complexity index is 539. The second kappa shape index (κ2) is 7.12. The maximum atomic E-state index is 12.6. The second-order valence-corrected chi connectivity index (χ2v) is 9.04. The van der Waals surface area contributed by atoms with E-state index in [1.54, 1.807) is 0 Å². The highest BCUT2D eigenvalue weighted by atomic mass is 16.5. The van der Waals surface area contributed by atoms with Gasteiger partial charge in [-0.1, -0.05) is 13.8 Å². The van der Waals surface area contributed by atoms with Gasteiger partial charge in [0.25, 0.3) is 0 Å². The Morgan fingerprint density at radius 1 is 1.00 bits per heavy atom. The number of hydrogen-bond acceptors (Lipinski definition) is 4. The van der Waals surface area contributed by atoms with Gasteiger partial charge in [0.2, 0.25) is 0 Å². The molecule has 3 rings (SSSR count). The first-order chi connectivity index (χ1) is 12.3. The fourth-order valence-corrected chi connectivity index (χ4v) is 5.29. The van der Waals surface area contributed by atoms with E-state index < -0.39 is 23.3 Å². The molecule has 2 saturated heterocycles. The molecule has 3 atom stereocenters. The van der Waals surface area contributed by atoms with Crippen molar-refractivity contribution in [3.63, 3.8) is 0 Å². The molecule has 2 N–H and O–H groups in total. The van der Waals surface area contributed by atoms with E-state index in [4.69, 9.17) is 9.47 Å². The zero-order chi connectivity index (χ0) is 19.0. The number of aliphatic carboxylic acids is 2. The van der Waals surface area contributed by atoms with Crippen LogP contribution in [-0.4, -0.2) is 48.6 Å². The lowest BCUT2D eigenvalue weighted by atomic mass is 9.53. The van der Waals surface area contributed by atoms with Crippen LogP contribution in [0.3, 0.4) is 0 Å². The van der Waals surface area contributed by atoms with Crippen molar-refractivity contribution in [2.45, 2.75) is 58.8 Å². The molecule has 3 fully saturated rings. The quantitative estimate of drug-likeness (QED) is 0.683. The molecule has 0 radical (unpaired) electrons. The first-order valence-electron chi connectivity index (χ1n) is 9.92. The summed E-state index contributed by atoms with van der Waals surface area (Å²) in [5.41, 5.74) is -0.896. The number of ether oxygens (including phenoxy) is 2. The van der Waals surface area contributed by atoms with Crippen LogP contribution >= 0.6 is 0 Å². The Labute approximate surface area is 155 Å². The van der Waals surface area contributed by atoms with Crippen LogP contribution in [-0.2, 0) is 19.1 Å². The number of hydrogen-bond donors (Lipinski definition) is 2. The molecule has 3 unspecified atom stereocenters. The van der Waals surface area contributed by atoms with E-state index in [0.717, 1.165) is 19.3 Å². The SMILES string of the molecule is CCC1(CC2CC(C(=O)O)CCC2(CC2(CC)COC2)C(=O)O)COC1. The van der Waals surface area contributed by atoms with Gasteiger partial charge in [-0.25, -0.2) is 0 Å². The van der Waals surface area contributed by atoms with Crippen molar-refractivity contribution < 1.29 is 29.3 Å². The lowest BCUT2D eigenvalue weighted by Crippen LogP contribution is -2.55. The lowest BCUT2D eigenvalue weighted by molar-refractivity contribution is -0.190. The van der Waals surface area contributed by atoms with Gasteiger partial charge < -0.3 is 19.7 Å². The number of rotatable bonds is 8. The molecule has 148 valence electrons. The van der Waals surface area contributed by atoms with Gasteiger partial charge in [-0.15, -0.1) is 0 Å². The third kappa shape index (κ3) is 3.26. The molecule has 6 heteroatoms. The molecule has 0 aromatic rings. The van der Waals surface area contributed by atoms with Crippen LogP contribution in [0, 0.1) is 28.1 Å². The molecule has 0 aromatic heterocycles. The smallest absolute Gasteiger partial charge is 0.309 e. The predicted molar refractivity (Wildman–Crippen MR) is 94.9 cm³/mol. The van der Waals surface area contributed by atoms with Crippen LogP contribution in [0.1, 0.15) is 58.8 Å². The van der Waals surface area contributed by atoms with Gasteiger partial charge in [0.15, 0.2) is 0 Å². The van der Waals surface area contributed by atoms with Gasteiger partial charge in [0.1, 0.15) is 0 Å². The summed E-state index contributed by atoms with van der Waals surface area (Å²) in [5, 5.41) is 19.8. The van der Waals surface area contributed by atoms with Gasteiger partial charge in [0, 0.05) is 10.8 Å². The highest BCUT2D eigenvalue weighted by Gasteiger charge is 2.57. The third-order valence-electron chi connectivity index (χ3n) is 7.57. The van der Waals surface area contributed by atoms with E-state index in [1.165, 1.54) is 0 Å². The summed E-state index contributed by atoms with van der Waals surface area (Å²) in [5.74, 6) is -2.10. The monoisotopic (exact) mass is 368 g/mol. The molecule has 0 amide bonds. The molecule has 2 aliphatic heterocycles. The molecular weight excluding hydrogens is 336 g/mol. The number of carboxylic acid groups (broad SMARTS) is 2. The number of carboxylic acids is 2. The van der Waals surface area contributed by atoms with Crippen molar-refractivity contribution >= 4 is 11.9 Å². The zero-order valence-electron chi connectivity index (χ0n) is 16.0. The van der Waals surface area contributed by atoms with Crippen LogP contribution in [0.2, 0.25) is 0 Å². The molecule has 0 aromatic carbocycles. The Kier molecular flexibility index (Phi) is 5.37. The average Bonchev–Trinajstić information content (AvgIpc) is 2.54. The highest BCUT2D eigenvalue weighted by molar-refractivity contribution is 5.77. The molecule has 26 heavy (non-hydrogen) atoms. The summed E-state index contributed by atoms with van der Waals surface area (Å²) in [6.45, 7) is 6.79. The van der Waals surface area contributed by atoms with Crippen molar-refractivity contribution in [2.24, 2.45) is 28.1 Å². The standard InChI is InChI=1S/C20H32O6/c1-3-18(10-25-11-18)8-15-7-14(16(21)22)5-6-20(15,17(23)24)9-19(4-2)12-26-13-19/h14-15H,3-13H2,1-2H3,(H,21,22)(H,23,24).